The summed E-state index contributed by atoms with van der Waals surface area (Å²) in [7, 11) is -3.44. The Bertz CT molecular complexity index is 823. The van der Waals surface area contributed by atoms with Gasteiger partial charge in [-0.3, -0.25) is 4.72 Å². The van der Waals surface area contributed by atoms with Gasteiger partial charge in [0.05, 0.1) is 0 Å². The largest absolute Gasteiger partial charge is 0.311 e. The van der Waals surface area contributed by atoms with Gasteiger partial charge >= 0.3 is 10.2 Å². The number of aryl methyl sites for hydroxylation is 1. The summed E-state index contributed by atoms with van der Waals surface area (Å²) in [4.78, 5) is 0. The number of benzene rings is 1. The van der Waals surface area contributed by atoms with Gasteiger partial charge in [-0.1, -0.05) is 0 Å². The molecular formula is C16H21N5O2S. The van der Waals surface area contributed by atoms with Crippen LogP contribution in [-0.4, -0.2) is 40.6 Å². The molecule has 7 nitrogen and oxygen atoms in total. The predicted octanol–water partition coefficient (Wildman–Crippen LogP) is 2.03. The van der Waals surface area contributed by atoms with Crippen molar-refractivity contribution in [3.8, 4) is 11.4 Å². The Hall–Kier alpha value is -1.93. The molecular weight excluding hydrogens is 326 g/mol. The van der Waals surface area contributed by atoms with E-state index < -0.39 is 10.2 Å². The average Bonchev–Trinajstić information content (AvgIpc) is 3.26. The van der Waals surface area contributed by atoms with Crippen LogP contribution < -0.4 is 4.72 Å². The van der Waals surface area contributed by atoms with Gasteiger partial charge in [0.1, 0.15) is 5.82 Å². The summed E-state index contributed by atoms with van der Waals surface area (Å²) in [5, 5.41) is 8.56. The number of aromatic nitrogens is 3. The fraction of sp³-hybridized carbons (Fsp3) is 0.500. The van der Waals surface area contributed by atoms with Crippen molar-refractivity contribution in [2.45, 2.75) is 38.6 Å². The zero-order valence-corrected chi connectivity index (χ0v) is 14.3. The number of hydrogen-bond donors (Lipinski definition) is 1. The fourth-order valence-electron chi connectivity index (χ4n) is 3.35. The van der Waals surface area contributed by atoms with Gasteiger partial charge in [0.2, 0.25) is 0 Å². The van der Waals surface area contributed by atoms with E-state index in [-0.39, 0.29) is 0 Å². The van der Waals surface area contributed by atoms with E-state index in [9.17, 15) is 8.42 Å². The first kappa shape index (κ1) is 15.6. The zero-order valence-electron chi connectivity index (χ0n) is 13.5. The van der Waals surface area contributed by atoms with Crippen LogP contribution in [0.3, 0.4) is 0 Å². The van der Waals surface area contributed by atoms with Gasteiger partial charge in [-0.15, -0.1) is 10.2 Å². The second-order valence-corrected chi connectivity index (χ2v) is 8.01. The molecule has 1 N–H and O–H groups in total. The van der Waals surface area contributed by atoms with E-state index in [1.54, 1.807) is 12.1 Å². The van der Waals surface area contributed by atoms with Crippen LogP contribution in [0.4, 0.5) is 5.69 Å². The van der Waals surface area contributed by atoms with Crippen LogP contribution in [0.2, 0.25) is 0 Å². The first-order valence-corrected chi connectivity index (χ1v) is 9.88. The van der Waals surface area contributed by atoms with Gasteiger partial charge in [0.15, 0.2) is 5.82 Å². The van der Waals surface area contributed by atoms with Crippen LogP contribution in [-0.2, 0) is 23.2 Å². The predicted molar refractivity (Wildman–Crippen MR) is 91.7 cm³/mol. The zero-order chi connectivity index (χ0) is 16.6. The summed E-state index contributed by atoms with van der Waals surface area (Å²) in [6, 6.07) is 7.36. The minimum absolute atomic E-state index is 0.573. The summed E-state index contributed by atoms with van der Waals surface area (Å²) in [6.07, 6.45) is 5.14. The van der Waals surface area contributed by atoms with Crippen molar-refractivity contribution in [3.05, 3.63) is 30.1 Å². The monoisotopic (exact) mass is 347 g/mol. The van der Waals surface area contributed by atoms with Crippen molar-refractivity contribution in [1.82, 2.24) is 19.1 Å². The first-order chi connectivity index (χ1) is 11.6. The highest BCUT2D eigenvalue weighted by atomic mass is 32.2. The Balaban J connectivity index is 1.54. The molecule has 1 saturated heterocycles. The maximum absolute atomic E-state index is 12.3. The molecule has 2 aromatic rings. The lowest BCUT2D eigenvalue weighted by Crippen LogP contribution is -2.33. The lowest BCUT2D eigenvalue weighted by atomic mass is 10.1. The lowest BCUT2D eigenvalue weighted by molar-refractivity contribution is 0.482. The van der Waals surface area contributed by atoms with Crippen molar-refractivity contribution in [1.29, 1.82) is 0 Å². The molecule has 0 radical (unpaired) electrons. The highest BCUT2D eigenvalue weighted by Crippen LogP contribution is 2.25. The summed E-state index contributed by atoms with van der Waals surface area (Å²) in [6.45, 7) is 2.14. The molecule has 0 atom stereocenters. The molecule has 1 aromatic carbocycles. The quantitative estimate of drug-likeness (QED) is 0.918. The third-order valence-electron chi connectivity index (χ3n) is 4.65. The molecule has 1 fully saturated rings. The molecule has 0 bridgehead atoms. The van der Waals surface area contributed by atoms with E-state index in [2.05, 4.69) is 19.5 Å². The SMILES string of the molecule is O=S(=O)(Nc1ccc(-c2nnc3n2CCCC3)cc1)N1CCCC1. The molecule has 128 valence electrons. The van der Waals surface area contributed by atoms with E-state index in [0.717, 1.165) is 55.9 Å². The summed E-state index contributed by atoms with van der Waals surface area (Å²) in [5.74, 6) is 1.90. The Kier molecular flexibility index (Phi) is 4.01. The van der Waals surface area contributed by atoms with Crippen molar-refractivity contribution in [2.24, 2.45) is 0 Å². The molecule has 0 spiro atoms. The summed E-state index contributed by atoms with van der Waals surface area (Å²) in [5.41, 5.74) is 1.53. The average molecular weight is 347 g/mol. The molecule has 8 heteroatoms. The van der Waals surface area contributed by atoms with Crippen LogP contribution in [0.25, 0.3) is 11.4 Å². The molecule has 1 aromatic heterocycles. The second kappa shape index (κ2) is 6.18. The number of fused-ring (bicyclic) bond motifs is 1. The first-order valence-electron chi connectivity index (χ1n) is 8.44. The molecule has 3 heterocycles. The smallest absolute Gasteiger partial charge is 0.301 e. The molecule has 0 aliphatic carbocycles. The molecule has 0 amide bonds. The highest BCUT2D eigenvalue weighted by molar-refractivity contribution is 7.90. The van der Waals surface area contributed by atoms with E-state index in [4.69, 9.17) is 0 Å². The molecule has 4 rings (SSSR count). The van der Waals surface area contributed by atoms with Gasteiger partial charge in [0, 0.05) is 37.3 Å². The van der Waals surface area contributed by atoms with E-state index in [1.807, 2.05) is 12.1 Å². The number of rotatable bonds is 4. The summed E-state index contributed by atoms with van der Waals surface area (Å²) < 4.78 is 30.9. The normalized spacial score (nSPS) is 18.5. The molecule has 2 aliphatic rings. The van der Waals surface area contributed by atoms with Crippen molar-refractivity contribution in [3.63, 3.8) is 0 Å². The third kappa shape index (κ3) is 2.91. The van der Waals surface area contributed by atoms with E-state index >= 15 is 0 Å². The standard InChI is InChI=1S/C16H21N5O2S/c22-24(23,20-10-3-4-11-20)19-14-8-6-13(7-9-14)16-18-17-15-5-1-2-12-21(15)16/h6-9,19H,1-5,10-12H2. The Labute approximate surface area is 141 Å². The number of hydrogen-bond acceptors (Lipinski definition) is 4. The van der Waals surface area contributed by atoms with Crippen LogP contribution in [0.15, 0.2) is 24.3 Å². The number of nitrogens with zero attached hydrogens (tertiary/aromatic N) is 4. The minimum atomic E-state index is -3.44. The van der Waals surface area contributed by atoms with E-state index in [0.29, 0.717) is 18.8 Å². The van der Waals surface area contributed by atoms with Crippen LogP contribution in [0, 0.1) is 0 Å². The third-order valence-corrected chi connectivity index (χ3v) is 6.19. The van der Waals surface area contributed by atoms with E-state index in [1.165, 1.54) is 4.31 Å². The van der Waals surface area contributed by atoms with Crippen molar-refractivity contribution in [2.75, 3.05) is 17.8 Å². The van der Waals surface area contributed by atoms with Gasteiger partial charge in [-0.05, 0) is 49.9 Å². The maximum atomic E-state index is 12.3. The van der Waals surface area contributed by atoms with Gasteiger partial charge in [-0.2, -0.15) is 12.7 Å². The Morgan fingerprint density at radius 1 is 0.917 bits per heavy atom. The lowest BCUT2D eigenvalue weighted by Gasteiger charge is -2.17. The second-order valence-electron chi connectivity index (χ2n) is 6.34. The molecule has 0 saturated carbocycles. The Morgan fingerprint density at radius 3 is 2.38 bits per heavy atom. The highest BCUT2D eigenvalue weighted by Gasteiger charge is 2.25. The van der Waals surface area contributed by atoms with Gasteiger partial charge in [-0.25, -0.2) is 0 Å². The van der Waals surface area contributed by atoms with Crippen molar-refractivity contribution >= 4 is 15.9 Å². The topological polar surface area (TPSA) is 80.1 Å². The van der Waals surface area contributed by atoms with Crippen LogP contribution in [0.5, 0.6) is 0 Å². The molecule has 24 heavy (non-hydrogen) atoms. The van der Waals surface area contributed by atoms with Crippen molar-refractivity contribution < 1.29 is 8.42 Å². The van der Waals surface area contributed by atoms with Gasteiger partial charge < -0.3 is 4.57 Å². The fourth-order valence-corrected chi connectivity index (χ4v) is 4.65. The van der Waals surface area contributed by atoms with Crippen LogP contribution >= 0.6 is 0 Å². The molecule has 0 unspecified atom stereocenters. The van der Waals surface area contributed by atoms with Crippen LogP contribution in [0.1, 0.15) is 31.5 Å². The Morgan fingerprint density at radius 2 is 1.62 bits per heavy atom. The minimum Gasteiger partial charge on any atom is -0.311 e. The molecule has 2 aliphatic heterocycles. The maximum Gasteiger partial charge on any atom is 0.301 e. The number of nitrogens with one attached hydrogen (secondary N) is 1. The number of anilines is 1. The van der Waals surface area contributed by atoms with Gasteiger partial charge in [0.25, 0.3) is 0 Å². The summed E-state index contributed by atoms with van der Waals surface area (Å²) >= 11 is 0.